The molecule has 140 valence electrons. The van der Waals surface area contributed by atoms with Crippen molar-refractivity contribution in [2.24, 2.45) is 0 Å². The molecular formula is C29H18S. The van der Waals surface area contributed by atoms with Crippen LogP contribution in [0.2, 0.25) is 0 Å². The molecule has 0 nitrogen and oxygen atoms in total. The van der Waals surface area contributed by atoms with E-state index in [9.17, 15) is 0 Å². The van der Waals surface area contributed by atoms with Gasteiger partial charge in [0.1, 0.15) is 0 Å². The molecule has 0 fully saturated rings. The molecule has 0 saturated carbocycles. The summed E-state index contributed by atoms with van der Waals surface area (Å²) in [5, 5.41) is 3.60. The van der Waals surface area contributed by atoms with Crippen LogP contribution in [-0.2, 0) is 5.41 Å². The fourth-order valence-electron chi connectivity index (χ4n) is 5.61. The molecule has 2 aliphatic carbocycles. The lowest BCUT2D eigenvalue weighted by Gasteiger charge is -2.33. The molecule has 1 heteroatoms. The minimum Gasteiger partial charge on any atom is -0.144 e. The van der Waals surface area contributed by atoms with Crippen LogP contribution >= 0.6 is 11.3 Å². The van der Waals surface area contributed by atoms with Gasteiger partial charge in [-0.1, -0.05) is 91.0 Å². The molecule has 7 rings (SSSR count). The molecule has 0 N–H and O–H groups in total. The quantitative estimate of drug-likeness (QED) is 0.249. The van der Waals surface area contributed by atoms with Gasteiger partial charge in [-0.2, -0.15) is 0 Å². The van der Waals surface area contributed by atoms with Crippen molar-refractivity contribution in [1.82, 2.24) is 0 Å². The first-order valence-corrected chi connectivity index (χ1v) is 11.2. The van der Waals surface area contributed by atoms with Gasteiger partial charge in [0.25, 0.3) is 0 Å². The van der Waals surface area contributed by atoms with E-state index >= 15 is 0 Å². The van der Waals surface area contributed by atoms with Crippen molar-refractivity contribution in [3.8, 4) is 22.3 Å². The molecule has 0 radical (unpaired) electrons. The van der Waals surface area contributed by atoms with Crippen LogP contribution in [0.4, 0.5) is 0 Å². The van der Waals surface area contributed by atoms with Crippen LogP contribution in [0.25, 0.3) is 38.4 Å². The molecular weight excluding hydrogens is 380 g/mol. The number of fused-ring (bicyclic) bond motifs is 11. The van der Waals surface area contributed by atoms with Crippen LogP contribution in [0.1, 0.15) is 22.3 Å². The monoisotopic (exact) mass is 398 g/mol. The average molecular weight is 399 g/mol. The summed E-state index contributed by atoms with van der Waals surface area (Å²) in [6.45, 7) is 0. The van der Waals surface area contributed by atoms with Crippen LogP contribution in [0.5, 0.6) is 0 Å². The second-order valence-electron chi connectivity index (χ2n) is 8.14. The molecule has 0 amide bonds. The number of hydrogen-bond acceptors (Lipinski definition) is 1. The van der Waals surface area contributed by atoms with Crippen LogP contribution < -0.4 is 0 Å². The zero-order valence-corrected chi connectivity index (χ0v) is 17.1. The first-order chi connectivity index (χ1) is 14.9. The molecule has 4 aromatic carbocycles. The second-order valence-corrected chi connectivity index (χ2v) is 9.09. The lowest BCUT2D eigenvalue weighted by Crippen LogP contribution is -2.26. The fourth-order valence-corrected chi connectivity index (χ4v) is 6.40. The standard InChI is InChI=1S/C29H18S/c1-2-8-21-20(7-1)22-9-3-5-11-25(22)29(26-12-6-4-10-23(21)26)17-15-19-13-14-27-24(28(19)29)16-18-30-27/h1-18H. The third kappa shape index (κ3) is 1.91. The van der Waals surface area contributed by atoms with E-state index in [0.717, 1.165) is 0 Å². The first kappa shape index (κ1) is 16.4. The van der Waals surface area contributed by atoms with Gasteiger partial charge in [-0.05, 0) is 67.4 Å². The highest BCUT2D eigenvalue weighted by Crippen LogP contribution is 2.56. The first-order valence-electron chi connectivity index (χ1n) is 10.4. The van der Waals surface area contributed by atoms with Crippen LogP contribution in [-0.4, -0.2) is 0 Å². The highest BCUT2D eigenvalue weighted by molar-refractivity contribution is 7.17. The van der Waals surface area contributed by atoms with Gasteiger partial charge < -0.3 is 0 Å². The van der Waals surface area contributed by atoms with Crippen molar-refractivity contribution in [3.05, 3.63) is 125 Å². The number of allylic oxidation sites excluding steroid dienone is 1. The number of thiophene rings is 1. The Balaban J connectivity index is 1.74. The van der Waals surface area contributed by atoms with Crippen molar-refractivity contribution in [2.75, 3.05) is 0 Å². The lowest BCUT2D eigenvalue weighted by molar-refractivity contribution is 0.810. The largest absolute Gasteiger partial charge is 0.144 e. The minimum absolute atomic E-state index is 0.290. The summed E-state index contributed by atoms with van der Waals surface area (Å²) in [5.74, 6) is 0. The number of rotatable bonds is 0. The molecule has 5 aromatic rings. The zero-order chi connectivity index (χ0) is 19.7. The average Bonchev–Trinajstić information content (AvgIpc) is 3.42. The topological polar surface area (TPSA) is 0 Å². The van der Waals surface area contributed by atoms with E-state index in [0.29, 0.717) is 0 Å². The van der Waals surface area contributed by atoms with Gasteiger partial charge in [0.05, 0.1) is 5.41 Å². The maximum atomic E-state index is 2.44. The highest BCUT2D eigenvalue weighted by Gasteiger charge is 2.44. The minimum atomic E-state index is -0.290. The van der Waals surface area contributed by atoms with Gasteiger partial charge in [0, 0.05) is 4.70 Å². The van der Waals surface area contributed by atoms with Gasteiger partial charge >= 0.3 is 0 Å². The summed E-state index contributed by atoms with van der Waals surface area (Å²) in [6, 6.07) is 33.7. The molecule has 0 atom stereocenters. The summed E-state index contributed by atoms with van der Waals surface area (Å²) in [4.78, 5) is 0. The fraction of sp³-hybridized carbons (Fsp3) is 0.0345. The smallest absolute Gasteiger partial charge is 0.0659 e. The van der Waals surface area contributed by atoms with E-state index in [2.05, 4.69) is 109 Å². The molecule has 2 aliphatic rings. The van der Waals surface area contributed by atoms with E-state index in [1.165, 1.54) is 54.6 Å². The molecule has 0 aliphatic heterocycles. The Morgan fingerprint density at radius 1 is 0.567 bits per heavy atom. The Hall–Kier alpha value is -3.42. The summed E-state index contributed by atoms with van der Waals surface area (Å²) in [7, 11) is 0. The van der Waals surface area contributed by atoms with Crippen molar-refractivity contribution in [3.63, 3.8) is 0 Å². The molecule has 0 bridgehead atoms. The van der Waals surface area contributed by atoms with E-state index in [-0.39, 0.29) is 5.41 Å². The summed E-state index contributed by atoms with van der Waals surface area (Å²) >= 11 is 1.83. The summed E-state index contributed by atoms with van der Waals surface area (Å²) in [5.41, 5.74) is 10.5. The molecule has 1 heterocycles. The normalized spacial score (nSPS) is 14.8. The maximum Gasteiger partial charge on any atom is 0.0659 e. The lowest BCUT2D eigenvalue weighted by atomic mass is 9.68. The van der Waals surface area contributed by atoms with Crippen molar-refractivity contribution in [1.29, 1.82) is 0 Å². The van der Waals surface area contributed by atoms with Crippen molar-refractivity contribution in [2.45, 2.75) is 5.41 Å². The van der Waals surface area contributed by atoms with Crippen LogP contribution in [0, 0.1) is 0 Å². The molecule has 0 saturated heterocycles. The third-order valence-corrected chi connectivity index (χ3v) is 7.67. The predicted molar refractivity (Wildman–Crippen MR) is 128 cm³/mol. The Morgan fingerprint density at radius 3 is 1.83 bits per heavy atom. The SMILES string of the molecule is C1=CC2(c3ccccc3-c3ccccc3-c3ccccc32)c2c1ccc1sccc21. The van der Waals surface area contributed by atoms with Gasteiger partial charge in [0.15, 0.2) is 0 Å². The highest BCUT2D eigenvalue weighted by atomic mass is 32.1. The summed E-state index contributed by atoms with van der Waals surface area (Å²) < 4.78 is 1.36. The Labute approximate surface area is 179 Å². The van der Waals surface area contributed by atoms with Gasteiger partial charge in [-0.3, -0.25) is 0 Å². The molecule has 1 spiro atoms. The summed E-state index contributed by atoms with van der Waals surface area (Å²) in [6.07, 6.45) is 4.77. The van der Waals surface area contributed by atoms with Crippen molar-refractivity contribution < 1.29 is 0 Å². The van der Waals surface area contributed by atoms with Crippen LogP contribution in [0.15, 0.2) is 102 Å². The van der Waals surface area contributed by atoms with E-state index in [1.807, 2.05) is 11.3 Å². The Bertz CT molecular complexity index is 1430. The predicted octanol–water partition coefficient (Wildman–Crippen LogP) is 7.91. The van der Waals surface area contributed by atoms with Gasteiger partial charge in [-0.15, -0.1) is 11.3 Å². The third-order valence-electron chi connectivity index (χ3n) is 6.79. The zero-order valence-electron chi connectivity index (χ0n) is 16.3. The number of benzene rings is 4. The second kappa shape index (κ2) is 5.81. The van der Waals surface area contributed by atoms with E-state index < -0.39 is 0 Å². The van der Waals surface area contributed by atoms with E-state index in [1.54, 1.807) is 0 Å². The Kier molecular flexibility index (Phi) is 3.17. The molecule has 0 unspecified atom stereocenters. The molecule has 30 heavy (non-hydrogen) atoms. The number of hydrogen-bond donors (Lipinski definition) is 0. The van der Waals surface area contributed by atoms with Crippen LogP contribution in [0.3, 0.4) is 0 Å². The van der Waals surface area contributed by atoms with Gasteiger partial charge in [0.2, 0.25) is 0 Å². The van der Waals surface area contributed by atoms with E-state index in [4.69, 9.17) is 0 Å². The van der Waals surface area contributed by atoms with Gasteiger partial charge in [-0.25, -0.2) is 0 Å². The maximum absolute atomic E-state index is 2.44. The Morgan fingerprint density at radius 2 is 1.17 bits per heavy atom. The molecule has 1 aromatic heterocycles. The van der Waals surface area contributed by atoms with Crippen molar-refractivity contribution >= 4 is 27.5 Å².